The Morgan fingerprint density at radius 2 is 1.70 bits per heavy atom. The summed E-state index contributed by atoms with van der Waals surface area (Å²) >= 11 is 5.97. The summed E-state index contributed by atoms with van der Waals surface area (Å²) < 4.78 is 19.7. The smallest absolute Gasteiger partial charge is 0.231 e. The van der Waals surface area contributed by atoms with Crippen molar-refractivity contribution in [2.45, 2.75) is 57.7 Å². The number of thiocarbonyl (C=S) groups is 1. The Balaban J connectivity index is 1.29. The van der Waals surface area contributed by atoms with Gasteiger partial charge in [0, 0.05) is 35.0 Å². The van der Waals surface area contributed by atoms with Crippen LogP contribution in [0.4, 0.5) is 5.69 Å². The van der Waals surface area contributed by atoms with E-state index in [2.05, 4.69) is 71.1 Å². The minimum Gasteiger partial charge on any atom is -0.490 e. The van der Waals surface area contributed by atoms with E-state index < -0.39 is 0 Å². The van der Waals surface area contributed by atoms with E-state index in [0.29, 0.717) is 11.2 Å². The molecule has 40 heavy (non-hydrogen) atoms. The fraction of sp³-hybridized carbons (Fsp3) is 0.312. The fourth-order valence-electron chi connectivity index (χ4n) is 6.34. The molecule has 3 aliphatic rings. The van der Waals surface area contributed by atoms with Gasteiger partial charge >= 0.3 is 0 Å². The van der Waals surface area contributed by atoms with Crippen LogP contribution >= 0.6 is 12.2 Å². The van der Waals surface area contributed by atoms with Crippen LogP contribution < -0.4 is 24.4 Å². The lowest BCUT2D eigenvalue weighted by Gasteiger charge is -2.28. The number of pyridine rings is 1. The zero-order chi connectivity index (χ0) is 27.2. The highest BCUT2D eigenvalue weighted by molar-refractivity contribution is 7.80. The molecule has 2 aromatic heterocycles. The van der Waals surface area contributed by atoms with Crippen molar-refractivity contribution in [3.8, 4) is 22.9 Å². The van der Waals surface area contributed by atoms with Gasteiger partial charge in [0.05, 0.1) is 23.9 Å². The Morgan fingerprint density at radius 3 is 2.48 bits per heavy atom. The third-order valence-electron chi connectivity index (χ3n) is 8.22. The number of aromatic nitrogens is 2. The number of anilines is 1. The Hall–Kier alpha value is -4.04. The number of nitrogens with zero attached hydrogens (tertiary/aromatic N) is 3. The van der Waals surface area contributed by atoms with Gasteiger partial charge in [-0.05, 0) is 112 Å². The monoisotopic (exact) mass is 552 g/mol. The van der Waals surface area contributed by atoms with Gasteiger partial charge in [-0.1, -0.05) is 6.07 Å². The average Bonchev–Trinajstić information content (AvgIpc) is 3.77. The molecule has 204 valence electrons. The molecule has 1 saturated heterocycles. The minimum atomic E-state index is -0.117. The van der Waals surface area contributed by atoms with E-state index >= 15 is 0 Å². The van der Waals surface area contributed by atoms with Crippen molar-refractivity contribution in [3.63, 3.8) is 0 Å². The zero-order valence-corrected chi connectivity index (χ0v) is 23.5. The van der Waals surface area contributed by atoms with Crippen LogP contribution in [-0.2, 0) is 0 Å². The number of benzene rings is 2. The Morgan fingerprint density at radius 1 is 0.925 bits per heavy atom. The first-order valence-corrected chi connectivity index (χ1v) is 14.3. The van der Waals surface area contributed by atoms with E-state index in [0.717, 1.165) is 58.5 Å². The molecule has 0 bridgehead atoms. The molecule has 0 amide bonds. The Labute approximate surface area is 239 Å². The highest BCUT2D eigenvalue weighted by atomic mass is 32.1. The van der Waals surface area contributed by atoms with Crippen molar-refractivity contribution in [2.24, 2.45) is 0 Å². The minimum absolute atomic E-state index is 0.0991. The predicted octanol–water partition coefficient (Wildman–Crippen LogP) is 6.72. The van der Waals surface area contributed by atoms with E-state index in [1.807, 2.05) is 30.5 Å². The molecule has 0 unspecified atom stereocenters. The first-order chi connectivity index (χ1) is 19.6. The summed E-state index contributed by atoms with van der Waals surface area (Å²) in [5.74, 6) is 2.45. The van der Waals surface area contributed by atoms with Gasteiger partial charge in [0.15, 0.2) is 16.6 Å². The number of fused-ring (bicyclic) bond motifs is 1. The lowest BCUT2D eigenvalue weighted by molar-refractivity contribution is 0.174. The van der Waals surface area contributed by atoms with E-state index in [-0.39, 0.29) is 18.9 Å². The number of rotatable bonds is 6. The molecule has 1 N–H and O–H groups in total. The van der Waals surface area contributed by atoms with Crippen LogP contribution in [0.25, 0.3) is 5.69 Å². The molecule has 1 saturated carbocycles. The van der Waals surface area contributed by atoms with Crippen molar-refractivity contribution in [3.05, 3.63) is 95.6 Å². The summed E-state index contributed by atoms with van der Waals surface area (Å²) in [5, 5.41) is 4.27. The molecular weight excluding hydrogens is 520 g/mol. The molecule has 2 aromatic carbocycles. The molecule has 2 atom stereocenters. The molecule has 1 aliphatic carbocycles. The topological polar surface area (TPSA) is 60.8 Å². The largest absolute Gasteiger partial charge is 0.490 e. The van der Waals surface area contributed by atoms with E-state index in [9.17, 15) is 0 Å². The second-order valence-electron chi connectivity index (χ2n) is 10.7. The third kappa shape index (κ3) is 4.36. The highest BCUT2D eigenvalue weighted by Gasteiger charge is 2.42. The molecule has 0 spiro atoms. The quantitative estimate of drug-likeness (QED) is 0.267. The lowest BCUT2D eigenvalue weighted by Crippen LogP contribution is -2.29. The maximum Gasteiger partial charge on any atom is 0.231 e. The maximum absolute atomic E-state index is 6.24. The van der Waals surface area contributed by atoms with Crippen LogP contribution in [-0.4, -0.2) is 27.6 Å². The third-order valence-corrected chi connectivity index (χ3v) is 8.54. The summed E-state index contributed by atoms with van der Waals surface area (Å²) in [6, 6.07) is 22.5. The first kappa shape index (κ1) is 25.0. The molecule has 2 fully saturated rings. The SMILES string of the molecule is Cc1cc([C@@H]2[C@H](c3ccccn3)NC(=S)N2c2ccc(OC3CCCC3)cc2)c(C)n1-c1ccc2c(c1)OCO2. The van der Waals surface area contributed by atoms with Gasteiger partial charge in [-0.3, -0.25) is 4.98 Å². The van der Waals surface area contributed by atoms with Crippen LogP contribution in [0.3, 0.4) is 0 Å². The Bertz CT molecular complexity index is 1550. The summed E-state index contributed by atoms with van der Waals surface area (Å²) in [7, 11) is 0. The number of aryl methyl sites for hydroxylation is 1. The molecule has 7 rings (SSSR count). The van der Waals surface area contributed by atoms with Crippen molar-refractivity contribution in [1.82, 2.24) is 14.9 Å². The van der Waals surface area contributed by atoms with Crippen LogP contribution in [0, 0.1) is 13.8 Å². The van der Waals surface area contributed by atoms with Gasteiger partial charge in [0.2, 0.25) is 6.79 Å². The fourth-order valence-corrected chi connectivity index (χ4v) is 6.69. The van der Waals surface area contributed by atoms with Crippen molar-refractivity contribution in [1.29, 1.82) is 0 Å². The molecule has 7 nitrogen and oxygen atoms in total. The normalized spacial score (nSPS) is 20.2. The van der Waals surface area contributed by atoms with Crippen molar-refractivity contribution < 1.29 is 14.2 Å². The van der Waals surface area contributed by atoms with Gasteiger partial charge in [-0.25, -0.2) is 0 Å². The standard InChI is InChI=1S/C32H32N4O3S/c1-20-17-26(21(2)35(20)23-12-15-28-29(18-23)38-19-37-28)31-30(27-9-5-6-16-33-27)34-32(40)36(31)22-10-13-25(14-11-22)39-24-7-3-4-8-24/h5-6,9-18,24,30-31H,3-4,7-8,19H2,1-2H3,(H,34,40)/t30-,31+/m0/s1. The van der Waals surface area contributed by atoms with Gasteiger partial charge in [-0.2, -0.15) is 0 Å². The van der Waals surface area contributed by atoms with E-state index in [1.165, 1.54) is 18.4 Å². The van der Waals surface area contributed by atoms with Crippen LogP contribution in [0.5, 0.6) is 17.2 Å². The van der Waals surface area contributed by atoms with Crippen molar-refractivity contribution >= 4 is 23.0 Å². The second-order valence-corrected chi connectivity index (χ2v) is 11.1. The number of hydrogen-bond donors (Lipinski definition) is 1. The summed E-state index contributed by atoms with van der Waals surface area (Å²) in [6.07, 6.45) is 6.92. The van der Waals surface area contributed by atoms with Crippen LogP contribution in [0.15, 0.2) is 72.9 Å². The lowest BCUT2D eigenvalue weighted by atomic mass is 9.96. The summed E-state index contributed by atoms with van der Waals surface area (Å²) in [5.41, 5.74) is 6.46. The van der Waals surface area contributed by atoms with Crippen LogP contribution in [0.1, 0.15) is 60.4 Å². The zero-order valence-electron chi connectivity index (χ0n) is 22.7. The van der Waals surface area contributed by atoms with E-state index in [4.69, 9.17) is 31.4 Å². The average molecular weight is 553 g/mol. The second kappa shape index (κ2) is 10.2. The number of hydrogen-bond acceptors (Lipinski definition) is 5. The highest BCUT2D eigenvalue weighted by Crippen LogP contribution is 2.44. The summed E-state index contributed by atoms with van der Waals surface area (Å²) in [6.45, 7) is 4.56. The van der Waals surface area contributed by atoms with E-state index in [1.54, 1.807) is 0 Å². The molecule has 0 radical (unpaired) electrons. The molecule has 4 heterocycles. The van der Waals surface area contributed by atoms with Gasteiger partial charge in [0.25, 0.3) is 0 Å². The first-order valence-electron chi connectivity index (χ1n) is 13.9. The van der Waals surface area contributed by atoms with Crippen molar-refractivity contribution in [2.75, 3.05) is 11.7 Å². The van der Waals surface area contributed by atoms with Crippen LogP contribution in [0.2, 0.25) is 0 Å². The maximum atomic E-state index is 6.24. The Kier molecular flexibility index (Phi) is 6.35. The predicted molar refractivity (Wildman–Crippen MR) is 159 cm³/mol. The molecule has 8 heteroatoms. The van der Waals surface area contributed by atoms with Gasteiger partial charge < -0.3 is 29.0 Å². The summed E-state index contributed by atoms with van der Waals surface area (Å²) in [4.78, 5) is 6.94. The van der Waals surface area contributed by atoms with Gasteiger partial charge in [-0.15, -0.1) is 0 Å². The molecule has 4 aromatic rings. The molecular formula is C32H32N4O3S. The number of nitrogens with one attached hydrogen (secondary N) is 1. The van der Waals surface area contributed by atoms with Gasteiger partial charge in [0.1, 0.15) is 5.75 Å². The molecule has 2 aliphatic heterocycles. The number of ether oxygens (including phenoxy) is 3.